The van der Waals surface area contributed by atoms with E-state index >= 15 is 0 Å². The van der Waals surface area contributed by atoms with Gasteiger partial charge in [0.15, 0.2) is 0 Å². The Labute approximate surface area is 286 Å². The zero-order chi connectivity index (χ0) is 34.1. The van der Waals surface area contributed by atoms with Crippen LogP contribution in [0.3, 0.4) is 0 Å². The van der Waals surface area contributed by atoms with E-state index in [1.807, 2.05) is 82.3 Å². The van der Waals surface area contributed by atoms with Gasteiger partial charge in [-0.3, -0.25) is 13.9 Å². The number of carbonyl (C=O) groups excluding carboxylic acids is 2. The first kappa shape index (κ1) is 35.7. The summed E-state index contributed by atoms with van der Waals surface area (Å²) < 4.78 is 35.6. The second-order valence-electron chi connectivity index (χ2n) is 11.6. The third-order valence-electron chi connectivity index (χ3n) is 8.19. The third-order valence-corrected chi connectivity index (χ3v) is 10.6. The van der Waals surface area contributed by atoms with Gasteiger partial charge < -0.3 is 15.0 Å². The van der Waals surface area contributed by atoms with E-state index < -0.39 is 28.5 Å². The van der Waals surface area contributed by atoms with E-state index in [0.29, 0.717) is 22.3 Å². The Bertz CT molecular complexity index is 1780. The number of aryl methyl sites for hydroxylation is 2. The Morgan fingerprint density at radius 1 is 0.915 bits per heavy atom. The van der Waals surface area contributed by atoms with Gasteiger partial charge in [-0.25, -0.2) is 8.42 Å². The van der Waals surface area contributed by atoms with Gasteiger partial charge in [0.05, 0.1) is 22.2 Å². The fourth-order valence-electron chi connectivity index (χ4n) is 5.14. The number of nitrogens with zero attached hydrogens (tertiary/aromatic N) is 2. The number of rotatable bonds is 14. The molecule has 2 atom stereocenters. The Balaban J connectivity index is 1.83. The molecular weight excluding hydrogens is 678 g/mol. The number of ether oxygens (including phenoxy) is 1. The normalized spacial score (nSPS) is 12.6. The smallest absolute Gasteiger partial charge is 0.264 e. The summed E-state index contributed by atoms with van der Waals surface area (Å²) in [4.78, 5) is 30.2. The maximum absolute atomic E-state index is 14.7. The summed E-state index contributed by atoms with van der Waals surface area (Å²) in [6.45, 7) is 7.35. The van der Waals surface area contributed by atoms with Gasteiger partial charge in [0, 0.05) is 19.0 Å². The first-order chi connectivity index (χ1) is 22.4. The quantitative estimate of drug-likeness (QED) is 0.154. The van der Waals surface area contributed by atoms with Gasteiger partial charge in [-0.05, 0) is 90.1 Å². The van der Waals surface area contributed by atoms with Crippen LogP contribution in [0.25, 0.3) is 0 Å². The number of carbonyl (C=O) groups is 2. The molecule has 0 aliphatic heterocycles. The van der Waals surface area contributed by atoms with Gasteiger partial charge in [0.25, 0.3) is 10.0 Å². The van der Waals surface area contributed by atoms with Crippen molar-refractivity contribution in [2.24, 2.45) is 0 Å². The largest absolute Gasteiger partial charge is 0.496 e. The van der Waals surface area contributed by atoms with Crippen molar-refractivity contribution < 1.29 is 22.7 Å². The lowest BCUT2D eigenvalue weighted by atomic mass is 10.0. The molecule has 0 unspecified atom stereocenters. The van der Waals surface area contributed by atoms with Crippen molar-refractivity contribution in [3.05, 3.63) is 124 Å². The van der Waals surface area contributed by atoms with Gasteiger partial charge in [-0.2, -0.15) is 0 Å². The molecule has 0 aromatic heterocycles. The standard InChI is InChI=1S/C37H42BrN3O5S/c1-6-28(4)39-37(43)34(22-29-13-8-7-9-14-29)40(24-30-15-11-10-12-27(30)3)36(42)25-41(31-18-16-26(2)17-19-31)47(44,45)32-20-21-35(46-5)33(38)23-32/h7-21,23,28,34H,6,22,24-25H2,1-5H3,(H,39,43)/t28-,34-/m0/s1. The maximum atomic E-state index is 14.7. The number of methoxy groups -OCH3 is 1. The maximum Gasteiger partial charge on any atom is 0.264 e. The minimum atomic E-state index is -4.25. The molecule has 0 radical (unpaired) electrons. The number of amides is 2. The van der Waals surface area contributed by atoms with Crippen molar-refractivity contribution >= 4 is 43.5 Å². The van der Waals surface area contributed by atoms with E-state index in [1.54, 1.807) is 30.3 Å². The van der Waals surface area contributed by atoms with Crippen molar-refractivity contribution in [1.82, 2.24) is 10.2 Å². The van der Waals surface area contributed by atoms with E-state index in [-0.39, 0.29) is 29.8 Å². The predicted octanol–water partition coefficient (Wildman–Crippen LogP) is 6.82. The number of anilines is 1. The molecule has 248 valence electrons. The molecular formula is C37H42BrN3O5S. The number of hydrogen-bond donors (Lipinski definition) is 1. The minimum absolute atomic E-state index is 0.0145. The molecule has 2 amide bonds. The summed E-state index contributed by atoms with van der Waals surface area (Å²) in [5, 5.41) is 3.07. The van der Waals surface area contributed by atoms with E-state index in [0.717, 1.165) is 26.6 Å². The van der Waals surface area contributed by atoms with Crippen LogP contribution in [0.1, 0.15) is 42.5 Å². The highest BCUT2D eigenvalue weighted by Gasteiger charge is 2.35. The lowest BCUT2D eigenvalue weighted by molar-refractivity contribution is -0.140. The SMILES string of the molecule is CC[C@H](C)NC(=O)[C@H](Cc1ccccc1)N(Cc1ccccc1C)C(=O)CN(c1ccc(C)cc1)S(=O)(=O)c1ccc(OC)c(Br)c1. The summed E-state index contributed by atoms with van der Waals surface area (Å²) >= 11 is 3.40. The van der Waals surface area contributed by atoms with Gasteiger partial charge >= 0.3 is 0 Å². The average Bonchev–Trinajstić information content (AvgIpc) is 3.06. The molecule has 4 rings (SSSR count). The third kappa shape index (κ3) is 9.02. The highest BCUT2D eigenvalue weighted by atomic mass is 79.9. The molecule has 0 bridgehead atoms. The molecule has 1 N–H and O–H groups in total. The fraction of sp³-hybridized carbons (Fsp3) is 0.297. The molecule has 8 nitrogen and oxygen atoms in total. The second kappa shape index (κ2) is 16.1. The van der Waals surface area contributed by atoms with E-state index in [4.69, 9.17) is 4.74 Å². The van der Waals surface area contributed by atoms with Gasteiger partial charge in [-0.15, -0.1) is 0 Å². The van der Waals surface area contributed by atoms with Gasteiger partial charge in [0.2, 0.25) is 11.8 Å². The van der Waals surface area contributed by atoms with Crippen molar-refractivity contribution in [2.45, 2.75) is 64.1 Å². The molecule has 10 heteroatoms. The van der Waals surface area contributed by atoms with Crippen LogP contribution in [0, 0.1) is 13.8 Å². The Kier molecular flexibility index (Phi) is 12.2. The van der Waals surface area contributed by atoms with Crippen molar-refractivity contribution in [1.29, 1.82) is 0 Å². The zero-order valence-corrected chi connectivity index (χ0v) is 29.8. The second-order valence-corrected chi connectivity index (χ2v) is 14.3. The van der Waals surface area contributed by atoms with Crippen molar-refractivity contribution in [3.8, 4) is 5.75 Å². The first-order valence-electron chi connectivity index (χ1n) is 15.6. The van der Waals surface area contributed by atoms with Gasteiger partial charge in [-0.1, -0.05) is 79.2 Å². The summed E-state index contributed by atoms with van der Waals surface area (Å²) in [5.74, 6) is -0.332. The highest BCUT2D eigenvalue weighted by Crippen LogP contribution is 2.31. The number of sulfonamides is 1. The van der Waals surface area contributed by atoms with E-state index in [9.17, 15) is 18.0 Å². The summed E-state index contributed by atoms with van der Waals surface area (Å²) in [5.41, 5.74) is 3.97. The Morgan fingerprint density at radius 2 is 1.57 bits per heavy atom. The van der Waals surface area contributed by atoms with Crippen LogP contribution < -0.4 is 14.4 Å². The summed E-state index contributed by atoms with van der Waals surface area (Å²) in [6, 6.07) is 27.6. The number of hydrogen-bond acceptors (Lipinski definition) is 5. The van der Waals surface area contributed by atoms with Crippen LogP contribution in [-0.4, -0.2) is 50.9 Å². The van der Waals surface area contributed by atoms with Crippen molar-refractivity contribution in [3.63, 3.8) is 0 Å². The lowest BCUT2D eigenvalue weighted by Gasteiger charge is -2.34. The topological polar surface area (TPSA) is 96.0 Å². The van der Waals surface area contributed by atoms with Crippen LogP contribution in [0.2, 0.25) is 0 Å². The molecule has 0 heterocycles. The fourth-order valence-corrected chi connectivity index (χ4v) is 7.27. The number of nitrogens with one attached hydrogen (secondary N) is 1. The van der Waals surface area contributed by atoms with Crippen LogP contribution in [0.5, 0.6) is 5.75 Å². The lowest BCUT2D eigenvalue weighted by Crippen LogP contribution is -2.54. The van der Waals surface area contributed by atoms with Crippen molar-refractivity contribution in [2.75, 3.05) is 18.0 Å². The summed E-state index contributed by atoms with van der Waals surface area (Å²) in [7, 11) is -2.75. The Morgan fingerprint density at radius 3 is 2.19 bits per heavy atom. The molecule has 0 aliphatic carbocycles. The predicted molar refractivity (Wildman–Crippen MR) is 190 cm³/mol. The molecule has 0 spiro atoms. The van der Waals surface area contributed by atoms with Crippen LogP contribution in [0.4, 0.5) is 5.69 Å². The molecule has 0 fully saturated rings. The molecule has 0 saturated carbocycles. The highest BCUT2D eigenvalue weighted by molar-refractivity contribution is 9.10. The van der Waals surface area contributed by atoms with E-state index in [2.05, 4.69) is 21.2 Å². The molecule has 0 saturated heterocycles. The molecule has 47 heavy (non-hydrogen) atoms. The first-order valence-corrected chi connectivity index (χ1v) is 17.8. The van der Waals surface area contributed by atoms with Crippen LogP contribution >= 0.6 is 15.9 Å². The molecule has 4 aromatic rings. The minimum Gasteiger partial charge on any atom is -0.496 e. The molecule has 4 aromatic carbocycles. The van der Waals surface area contributed by atoms with Crippen LogP contribution in [-0.2, 0) is 32.6 Å². The zero-order valence-electron chi connectivity index (χ0n) is 27.4. The number of halogens is 1. The monoisotopic (exact) mass is 719 g/mol. The Hall–Kier alpha value is -4.15. The molecule has 0 aliphatic rings. The van der Waals surface area contributed by atoms with E-state index in [1.165, 1.54) is 24.1 Å². The van der Waals surface area contributed by atoms with Crippen LogP contribution in [0.15, 0.2) is 106 Å². The number of benzene rings is 4. The summed E-state index contributed by atoms with van der Waals surface area (Å²) in [6.07, 6.45) is 0.968. The van der Waals surface area contributed by atoms with Gasteiger partial charge in [0.1, 0.15) is 18.3 Å². The average molecular weight is 721 g/mol.